The molecule has 1 aliphatic heterocycles. The molecule has 0 bridgehead atoms. The number of thiophene rings is 1. The van der Waals surface area contributed by atoms with Crippen LogP contribution in [0.2, 0.25) is 0 Å². The first kappa shape index (κ1) is 19.2. The molecule has 1 atom stereocenters. The molecule has 2 fully saturated rings. The summed E-state index contributed by atoms with van der Waals surface area (Å²) in [6.45, 7) is 4.29. The van der Waals surface area contributed by atoms with Gasteiger partial charge in [0.05, 0.1) is 25.8 Å². The number of rotatable bonds is 6. The molecule has 1 unspecified atom stereocenters. The highest BCUT2D eigenvalue weighted by Crippen LogP contribution is 2.26. The third kappa shape index (κ3) is 5.00. The van der Waals surface area contributed by atoms with Gasteiger partial charge in [-0.1, -0.05) is 31.2 Å². The fourth-order valence-corrected chi connectivity index (χ4v) is 4.78. The van der Waals surface area contributed by atoms with Gasteiger partial charge in [-0.05, 0) is 24.3 Å². The minimum absolute atomic E-state index is 0.0235. The molecule has 142 valence electrons. The third-order valence-electron chi connectivity index (χ3n) is 5.34. The molecule has 1 aromatic heterocycles. The molecule has 2 heterocycles. The maximum absolute atomic E-state index is 12.9. The zero-order valence-electron chi connectivity index (χ0n) is 15.4. The Morgan fingerprint density at radius 3 is 2.81 bits per heavy atom. The molecule has 0 radical (unpaired) electrons. The Labute approximate surface area is 160 Å². The maximum Gasteiger partial charge on any atom is 0.318 e. The molecule has 1 aromatic rings. The fourth-order valence-electron chi connectivity index (χ4n) is 3.92. The highest BCUT2D eigenvalue weighted by molar-refractivity contribution is 7.10. The fraction of sp³-hybridized carbons (Fsp3) is 0.650. The van der Waals surface area contributed by atoms with Crippen LogP contribution in [0.25, 0.3) is 0 Å². The molecule has 26 heavy (non-hydrogen) atoms. The number of nitrogens with one attached hydrogen (secondary N) is 1. The number of carbonyl (C=O) groups excluding carboxylic acids is 1. The Balaban J connectivity index is 1.62. The lowest BCUT2D eigenvalue weighted by molar-refractivity contribution is 0.0171. The Kier molecular flexibility index (Phi) is 7.36. The molecule has 5 nitrogen and oxygen atoms in total. The van der Waals surface area contributed by atoms with Crippen molar-refractivity contribution in [3.8, 4) is 12.3 Å². The standard InChI is InChI=1S/C20H29N3O2S/c1-2-10-23(17-7-4-3-5-8-17)20(24)21-16-18(19-9-6-15-26-19)22-11-13-25-14-12-22/h1,6,9,15,17-18H,3-5,7-8,10-14,16H2,(H,21,24). The molecule has 1 aliphatic carbocycles. The van der Waals surface area contributed by atoms with E-state index in [9.17, 15) is 4.79 Å². The van der Waals surface area contributed by atoms with Crippen LogP contribution in [0, 0.1) is 12.3 Å². The monoisotopic (exact) mass is 375 g/mol. The van der Waals surface area contributed by atoms with E-state index in [0.717, 1.165) is 39.1 Å². The second-order valence-electron chi connectivity index (χ2n) is 6.99. The number of carbonyl (C=O) groups is 1. The summed E-state index contributed by atoms with van der Waals surface area (Å²) < 4.78 is 5.49. The van der Waals surface area contributed by atoms with Crippen molar-refractivity contribution in [1.82, 2.24) is 15.1 Å². The van der Waals surface area contributed by atoms with Crippen molar-refractivity contribution < 1.29 is 9.53 Å². The number of ether oxygens (including phenoxy) is 1. The van der Waals surface area contributed by atoms with Gasteiger partial charge in [-0.15, -0.1) is 17.8 Å². The van der Waals surface area contributed by atoms with Gasteiger partial charge < -0.3 is 15.0 Å². The second kappa shape index (κ2) is 9.96. The number of urea groups is 1. The SMILES string of the molecule is C#CCN(C(=O)NCC(c1cccs1)N1CCOCC1)C1CCCCC1. The van der Waals surface area contributed by atoms with E-state index in [1.165, 1.54) is 24.1 Å². The summed E-state index contributed by atoms with van der Waals surface area (Å²) in [6, 6.07) is 4.68. The van der Waals surface area contributed by atoms with Gasteiger partial charge >= 0.3 is 6.03 Å². The molecule has 1 saturated carbocycles. The van der Waals surface area contributed by atoms with Gasteiger partial charge in [0, 0.05) is 30.6 Å². The number of morpholine rings is 1. The first-order valence-corrected chi connectivity index (χ1v) is 10.5. The van der Waals surface area contributed by atoms with Crippen LogP contribution >= 0.6 is 11.3 Å². The number of hydrogen-bond acceptors (Lipinski definition) is 4. The van der Waals surface area contributed by atoms with Crippen LogP contribution < -0.4 is 5.32 Å². The first-order chi connectivity index (χ1) is 12.8. The molecule has 0 aromatic carbocycles. The minimum Gasteiger partial charge on any atom is -0.379 e. The highest BCUT2D eigenvalue weighted by Gasteiger charge is 2.27. The summed E-state index contributed by atoms with van der Waals surface area (Å²) in [5, 5.41) is 5.26. The Morgan fingerprint density at radius 2 is 2.15 bits per heavy atom. The van der Waals surface area contributed by atoms with Crippen LogP contribution in [-0.4, -0.2) is 61.3 Å². The molecular formula is C20H29N3O2S. The predicted octanol–water partition coefficient (Wildman–Crippen LogP) is 3.10. The molecular weight excluding hydrogens is 346 g/mol. The van der Waals surface area contributed by atoms with Crippen LogP contribution in [0.5, 0.6) is 0 Å². The number of hydrogen-bond donors (Lipinski definition) is 1. The van der Waals surface area contributed by atoms with Crippen LogP contribution in [0.3, 0.4) is 0 Å². The van der Waals surface area contributed by atoms with Crippen LogP contribution in [0.4, 0.5) is 4.79 Å². The molecule has 1 saturated heterocycles. The van der Waals surface area contributed by atoms with Crippen molar-refractivity contribution >= 4 is 17.4 Å². The first-order valence-electron chi connectivity index (χ1n) is 9.62. The van der Waals surface area contributed by atoms with Crippen molar-refractivity contribution in [1.29, 1.82) is 0 Å². The van der Waals surface area contributed by atoms with E-state index in [2.05, 4.69) is 33.6 Å². The average Bonchev–Trinajstić information content (AvgIpc) is 3.22. The van der Waals surface area contributed by atoms with Crippen molar-refractivity contribution in [2.75, 3.05) is 39.4 Å². The average molecular weight is 376 g/mol. The van der Waals surface area contributed by atoms with Gasteiger partial charge in [0.25, 0.3) is 0 Å². The van der Waals surface area contributed by atoms with Crippen LogP contribution in [0.15, 0.2) is 17.5 Å². The summed E-state index contributed by atoms with van der Waals surface area (Å²) >= 11 is 1.74. The lowest BCUT2D eigenvalue weighted by Gasteiger charge is -2.36. The summed E-state index contributed by atoms with van der Waals surface area (Å²) in [5.41, 5.74) is 0. The largest absolute Gasteiger partial charge is 0.379 e. The second-order valence-corrected chi connectivity index (χ2v) is 7.97. The number of terminal acetylenes is 1. The van der Waals surface area contributed by atoms with Crippen LogP contribution in [-0.2, 0) is 4.74 Å². The van der Waals surface area contributed by atoms with E-state index < -0.39 is 0 Å². The summed E-state index contributed by atoms with van der Waals surface area (Å²) in [4.78, 5) is 18.4. The van der Waals surface area contributed by atoms with Crippen molar-refractivity contribution in [2.24, 2.45) is 0 Å². The smallest absolute Gasteiger partial charge is 0.318 e. The minimum atomic E-state index is -0.0235. The molecule has 3 rings (SSSR count). The third-order valence-corrected chi connectivity index (χ3v) is 6.32. The van der Waals surface area contributed by atoms with Gasteiger partial charge in [0.1, 0.15) is 0 Å². The Bertz CT molecular complexity index is 587. The lowest BCUT2D eigenvalue weighted by atomic mass is 9.94. The Morgan fingerprint density at radius 1 is 1.38 bits per heavy atom. The molecule has 1 N–H and O–H groups in total. The van der Waals surface area contributed by atoms with Gasteiger partial charge in [-0.25, -0.2) is 4.79 Å². The highest BCUT2D eigenvalue weighted by atomic mass is 32.1. The van der Waals surface area contributed by atoms with Gasteiger partial charge in [0.15, 0.2) is 0 Å². The topological polar surface area (TPSA) is 44.8 Å². The van der Waals surface area contributed by atoms with Crippen molar-refractivity contribution in [2.45, 2.75) is 44.2 Å². The summed E-state index contributed by atoms with van der Waals surface area (Å²) in [7, 11) is 0. The molecule has 6 heteroatoms. The van der Waals surface area contributed by atoms with Crippen molar-refractivity contribution in [3.05, 3.63) is 22.4 Å². The predicted molar refractivity (Wildman–Crippen MR) is 105 cm³/mol. The molecule has 2 aliphatic rings. The summed E-state index contributed by atoms with van der Waals surface area (Å²) in [5.74, 6) is 2.66. The summed E-state index contributed by atoms with van der Waals surface area (Å²) in [6.07, 6.45) is 11.3. The molecule has 0 spiro atoms. The van der Waals surface area contributed by atoms with Crippen LogP contribution in [0.1, 0.15) is 43.0 Å². The zero-order valence-corrected chi connectivity index (χ0v) is 16.2. The van der Waals surface area contributed by atoms with E-state index >= 15 is 0 Å². The maximum atomic E-state index is 12.9. The molecule has 2 amide bonds. The zero-order chi connectivity index (χ0) is 18.2. The number of nitrogens with zero attached hydrogens (tertiary/aromatic N) is 2. The van der Waals surface area contributed by atoms with Gasteiger partial charge in [-0.3, -0.25) is 4.90 Å². The lowest BCUT2D eigenvalue weighted by Crippen LogP contribution is -2.50. The van der Waals surface area contributed by atoms with E-state index in [1.54, 1.807) is 11.3 Å². The normalized spacial score (nSPS) is 20.3. The van der Waals surface area contributed by atoms with Gasteiger partial charge in [-0.2, -0.15) is 0 Å². The van der Waals surface area contributed by atoms with E-state index in [1.807, 2.05) is 4.90 Å². The van der Waals surface area contributed by atoms with Crippen molar-refractivity contribution in [3.63, 3.8) is 0 Å². The quantitative estimate of drug-likeness (QED) is 0.777. The van der Waals surface area contributed by atoms with E-state index in [0.29, 0.717) is 13.1 Å². The van der Waals surface area contributed by atoms with E-state index in [4.69, 9.17) is 11.2 Å². The van der Waals surface area contributed by atoms with Gasteiger partial charge in [0.2, 0.25) is 0 Å². The van der Waals surface area contributed by atoms with E-state index in [-0.39, 0.29) is 18.1 Å². The number of amides is 2. The Hall–Kier alpha value is -1.55.